The highest BCUT2D eigenvalue weighted by molar-refractivity contribution is 7.18. The molecule has 0 aliphatic rings. The number of hydrogen-bond acceptors (Lipinski definition) is 7. The monoisotopic (exact) mass is 464 g/mol. The molecule has 0 unspecified atom stereocenters. The maximum Gasteiger partial charge on any atom is 0.319 e. The molecule has 1 aromatic heterocycles. The molecule has 0 bridgehead atoms. The third-order valence-corrected chi connectivity index (χ3v) is 5.91. The number of aromatic nitrogens is 2. The summed E-state index contributed by atoms with van der Waals surface area (Å²) in [6, 6.07) is 14.6. The van der Waals surface area contributed by atoms with E-state index in [2.05, 4.69) is 26.1 Å². The first-order chi connectivity index (χ1) is 15.9. The number of nitriles is 1. The van der Waals surface area contributed by atoms with E-state index in [1.807, 2.05) is 44.2 Å². The highest BCUT2D eigenvalue weighted by atomic mass is 32.1. The second-order valence-electron chi connectivity index (χ2n) is 7.28. The molecular formula is C23H24N6O3S. The zero-order chi connectivity index (χ0) is 23.8. The van der Waals surface area contributed by atoms with Crippen LogP contribution in [0.25, 0.3) is 10.6 Å². The molecule has 0 spiro atoms. The Kier molecular flexibility index (Phi) is 7.94. The Morgan fingerprint density at radius 3 is 2.58 bits per heavy atom. The lowest BCUT2D eigenvalue weighted by Crippen LogP contribution is -2.49. The summed E-state index contributed by atoms with van der Waals surface area (Å²) in [5.41, 5.74) is 1.74. The van der Waals surface area contributed by atoms with E-state index < -0.39 is 12.1 Å². The Labute approximate surface area is 195 Å². The summed E-state index contributed by atoms with van der Waals surface area (Å²) < 4.78 is 5.16. The molecule has 2 atom stereocenters. The van der Waals surface area contributed by atoms with Crippen LogP contribution in [0.3, 0.4) is 0 Å². The summed E-state index contributed by atoms with van der Waals surface area (Å²) in [5, 5.41) is 26.3. The van der Waals surface area contributed by atoms with Gasteiger partial charge in [-0.15, -0.1) is 10.2 Å². The fourth-order valence-corrected chi connectivity index (χ4v) is 3.74. The lowest BCUT2D eigenvalue weighted by molar-refractivity contribution is -0.119. The molecule has 0 saturated heterocycles. The molecule has 0 aliphatic heterocycles. The summed E-state index contributed by atoms with van der Waals surface area (Å²) in [6.45, 7) is 3.82. The smallest absolute Gasteiger partial charge is 0.319 e. The first kappa shape index (κ1) is 23.7. The molecule has 3 amide bonds. The van der Waals surface area contributed by atoms with Crippen LogP contribution in [0.4, 0.5) is 15.6 Å². The molecule has 9 nitrogen and oxygen atoms in total. The van der Waals surface area contributed by atoms with E-state index in [-0.39, 0.29) is 11.8 Å². The Morgan fingerprint density at radius 2 is 1.91 bits per heavy atom. The number of anilines is 2. The number of amides is 3. The molecular weight excluding hydrogens is 440 g/mol. The summed E-state index contributed by atoms with van der Waals surface area (Å²) in [7, 11) is 1.60. The lowest BCUT2D eigenvalue weighted by atomic mass is 9.98. The zero-order valence-corrected chi connectivity index (χ0v) is 19.3. The van der Waals surface area contributed by atoms with Crippen molar-refractivity contribution in [2.24, 2.45) is 5.92 Å². The first-order valence-corrected chi connectivity index (χ1v) is 11.1. The number of ether oxygens (including phenoxy) is 1. The van der Waals surface area contributed by atoms with Crippen molar-refractivity contribution in [1.29, 1.82) is 5.26 Å². The van der Waals surface area contributed by atoms with Gasteiger partial charge in [-0.1, -0.05) is 37.7 Å². The standard InChI is InChI=1S/C23H24N6O3S/c1-4-14(2)19(26-22(31)25-17-7-5-6-15(12-17)13-24)20(30)27-23-29-28-21(33-23)16-8-10-18(32-3)11-9-16/h5-12,14,19H,4H2,1-3H3,(H2,25,26,31)(H,27,29,30)/t14-,19+/m1/s1. The topological polar surface area (TPSA) is 129 Å². The van der Waals surface area contributed by atoms with E-state index in [9.17, 15) is 9.59 Å². The van der Waals surface area contributed by atoms with Crippen LogP contribution >= 0.6 is 11.3 Å². The minimum Gasteiger partial charge on any atom is -0.497 e. The van der Waals surface area contributed by atoms with E-state index in [0.29, 0.717) is 27.8 Å². The second kappa shape index (κ2) is 11.1. The number of nitrogens with zero attached hydrogens (tertiary/aromatic N) is 3. The summed E-state index contributed by atoms with van der Waals surface area (Å²) >= 11 is 1.24. The molecule has 10 heteroatoms. The third kappa shape index (κ3) is 6.27. The van der Waals surface area contributed by atoms with E-state index in [4.69, 9.17) is 10.00 Å². The molecule has 0 radical (unpaired) electrons. The van der Waals surface area contributed by atoms with Gasteiger partial charge in [-0.05, 0) is 48.4 Å². The number of carbonyl (C=O) groups is 2. The maximum absolute atomic E-state index is 13.0. The molecule has 33 heavy (non-hydrogen) atoms. The molecule has 170 valence electrons. The van der Waals surface area contributed by atoms with Crippen molar-refractivity contribution >= 4 is 34.1 Å². The van der Waals surface area contributed by atoms with Crippen molar-refractivity contribution in [2.75, 3.05) is 17.7 Å². The van der Waals surface area contributed by atoms with Crippen LogP contribution in [0.1, 0.15) is 25.8 Å². The molecule has 0 aliphatic carbocycles. The van der Waals surface area contributed by atoms with E-state index >= 15 is 0 Å². The van der Waals surface area contributed by atoms with Gasteiger partial charge in [-0.3, -0.25) is 10.1 Å². The van der Waals surface area contributed by atoms with Crippen molar-refractivity contribution in [2.45, 2.75) is 26.3 Å². The van der Waals surface area contributed by atoms with E-state index in [1.54, 1.807) is 31.4 Å². The zero-order valence-electron chi connectivity index (χ0n) is 18.5. The van der Waals surface area contributed by atoms with Crippen molar-refractivity contribution < 1.29 is 14.3 Å². The molecule has 3 rings (SSSR count). The van der Waals surface area contributed by atoms with Crippen LogP contribution in [0, 0.1) is 17.2 Å². The van der Waals surface area contributed by atoms with Crippen molar-refractivity contribution in [1.82, 2.24) is 15.5 Å². The van der Waals surface area contributed by atoms with Gasteiger partial charge >= 0.3 is 6.03 Å². The van der Waals surface area contributed by atoms with Crippen LogP contribution in [-0.2, 0) is 4.79 Å². The maximum atomic E-state index is 13.0. The summed E-state index contributed by atoms with van der Waals surface area (Å²) in [5.74, 6) is 0.217. The summed E-state index contributed by atoms with van der Waals surface area (Å²) in [4.78, 5) is 25.5. The van der Waals surface area contributed by atoms with Crippen LogP contribution in [0.15, 0.2) is 48.5 Å². The van der Waals surface area contributed by atoms with Gasteiger partial charge in [0.05, 0.1) is 18.7 Å². The van der Waals surface area contributed by atoms with Gasteiger partial charge in [-0.2, -0.15) is 5.26 Å². The van der Waals surface area contributed by atoms with Crippen LogP contribution in [0.2, 0.25) is 0 Å². The molecule has 2 aromatic carbocycles. The van der Waals surface area contributed by atoms with Crippen molar-refractivity contribution in [3.8, 4) is 22.4 Å². The third-order valence-electron chi connectivity index (χ3n) is 5.02. The Morgan fingerprint density at radius 1 is 1.15 bits per heavy atom. The average molecular weight is 465 g/mol. The SMILES string of the molecule is CC[C@@H](C)[C@H](NC(=O)Nc1cccc(C#N)c1)C(=O)Nc1nnc(-c2ccc(OC)cc2)s1. The lowest BCUT2D eigenvalue weighted by Gasteiger charge is -2.23. The van der Waals surface area contributed by atoms with E-state index in [1.165, 1.54) is 11.3 Å². The number of hydrogen-bond donors (Lipinski definition) is 3. The van der Waals surface area contributed by atoms with Gasteiger partial charge in [0.15, 0.2) is 0 Å². The minimum absolute atomic E-state index is 0.129. The fraction of sp³-hybridized carbons (Fsp3) is 0.261. The molecule has 1 heterocycles. The van der Waals surface area contributed by atoms with Crippen molar-refractivity contribution in [3.05, 3.63) is 54.1 Å². The Bertz CT molecular complexity index is 1160. The number of methoxy groups -OCH3 is 1. The Hall–Kier alpha value is -3.97. The highest BCUT2D eigenvalue weighted by Crippen LogP contribution is 2.28. The largest absolute Gasteiger partial charge is 0.497 e. The first-order valence-electron chi connectivity index (χ1n) is 10.3. The molecule has 0 fully saturated rings. The Balaban J connectivity index is 1.67. The van der Waals surface area contributed by atoms with Crippen LogP contribution in [0.5, 0.6) is 5.75 Å². The molecule has 0 saturated carbocycles. The number of benzene rings is 2. The van der Waals surface area contributed by atoms with Gasteiger partial charge < -0.3 is 15.4 Å². The van der Waals surface area contributed by atoms with Gasteiger partial charge in [0.1, 0.15) is 16.8 Å². The summed E-state index contributed by atoms with van der Waals surface area (Å²) in [6.07, 6.45) is 0.676. The fourth-order valence-electron chi connectivity index (χ4n) is 2.98. The second-order valence-corrected chi connectivity index (χ2v) is 8.26. The van der Waals surface area contributed by atoms with Crippen molar-refractivity contribution in [3.63, 3.8) is 0 Å². The quantitative estimate of drug-likeness (QED) is 0.457. The van der Waals surface area contributed by atoms with Gasteiger partial charge in [0, 0.05) is 11.3 Å². The normalized spacial score (nSPS) is 12.2. The molecule has 3 N–H and O–H groups in total. The van der Waals surface area contributed by atoms with Gasteiger partial charge in [0.25, 0.3) is 0 Å². The number of urea groups is 1. The van der Waals surface area contributed by atoms with Gasteiger partial charge in [-0.25, -0.2) is 4.79 Å². The highest BCUT2D eigenvalue weighted by Gasteiger charge is 2.27. The van der Waals surface area contributed by atoms with Crippen LogP contribution in [-0.4, -0.2) is 35.3 Å². The predicted octanol–water partition coefficient (Wildman–Crippen LogP) is 4.26. The number of nitrogens with one attached hydrogen (secondary N) is 3. The number of carbonyl (C=O) groups excluding carboxylic acids is 2. The number of rotatable bonds is 8. The van der Waals surface area contributed by atoms with Gasteiger partial charge in [0.2, 0.25) is 11.0 Å². The van der Waals surface area contributed by atoms with Crippen LogP contribution < -0.4 is 20.7 Å². The van der Waals surface area contributed by atoms with E-state index in [0.717, 1.165) is 11.3 Å². The predicted molar refractivity (Wildman–Crippen MR) is 127 cm³/mol. The minimum atomic E-state index is -0.789. The average Bonchev–Trinajstić information content (AvgIpc) is 3.30. The molecule has 3 aromatic rings.